The first kappa shape index (κ1) is 13.5. The highest BCUT2D eigenvalue weighted by atomic mass is 16.4. The van der Waals surface area contributed by atoms with Gasteiger partial charge < -0.3 is 5.11 Å². The van der Waals surface area contributed by atoms with Crippen molar-refractivity contribution in [2.24, 2.45) is 11.8 Å². The largest absolute Gasteiger partial charge is 0.481 e. The molecule has 2 nitrogen and oxygen atoms in total. The van der Waals surface area contributed by atoms with Gasteiger partial charge in [0.2, 0.25) is 0 Å². The number of carboxylic acid groups (broad SMARTS) is 1. The highest BCUT2D eigenvalue weighted by molar-refractivity contribution is 5.69. The Kier molecular flexibility index (Phi) is 7.54. The molecule has 0 heterocycles. The zero-order valence-corrected chi connectivity index (χ0v) is 9.75. The third-order valence-corrected chi connectivity index (χ3v) is 2.72. The van der Waals surface area contributed by atoms with Gasteiger partial charge in [-0.15, -0.1) is 0 Å². The van der Waals surface area contributed by atoms with Crippen molar-refractivity contribution >= 4 is 5.97 Å². The summed E-state index contributed by atoms with van der Waals surface area (Å²) in [4.78, 5) is 10.9. The summed E-state index contributed by atoms with van der Waals surface area (Å²) in [5.74, 6) is -0.171. The van der Waals surface area contributed by atoms with E-state index in [9.17, 15) is 4.79 Å². The Morgan fingerprint density at radius 3 is 2.29 bits per heavy atom. The molecule has 0 aliphatic carbocycles. The lowest BCUT2D eigenvalue weighted by Crippen LogP contribution is -2.16. The molecule has 0 aliphatic rings. The third kappa shape index (κ3) is 6.01. The van der Waals surface area contributed by atoms with E-state index in [1.165, 1.54) is 0 Å². The first-order valence-corrected chi connectivity index (χ1v) is 5.84. The van der Waals surface area contributed by atoms with Crippen LogP contribution in [0.1, 0.15) is 59.3 Å². The van der Waals surface area contributed by atoms with Gasteiger partial charge >= 0.3 is 5.97 Å². The molecule has 0 rings (SSSR count). The molecule has 0 aromatic carbocycles. The highest BCUT2D eigenvalue weighted by Gasteiger charge is 2.19. The van der Waals surface area contributed by atoms with E-state index < -0.39 is 5.97 Å². The summed E-state index contributed by atoms with van der Waals surface area (Å²) in [7, 11) is 0. The molecular weight excluding hydrogens is 176 g/mol. The maximum Gasteiger partial charge on any atom is 0.306 e. The minimum atomic E-state index is -0.610. The summed E-state index contributed by atoms with van der Waals surface area (Å²) >= 11 is 0. The second kappa shape index (κ2) is 7.84. The first-order valence-electron chi connectivity index (χ1n) is 5.84. The molecule has 2 atom stereocenters. The van der Waals surface area contributed by atoms with Crippen LogP contribution in [0.15, 0.2) is 0 Å². The lowest BCUT2D eigenvalue weighted by atomic mass is 9.89. The van der Waals surface area contributed by atoms with Crippen molar-refractivity contribution in [3.8, 4) is 0 Å². The second-order valence-electron chi connectivity index (χ2n) is 4.31. The van der Waals surface area contributed by atoms with E-state index in [4.69, 9.17) is 5.11 Å². The van der Waals surface area contributed by atoms with Crippen LogP contribution in [0.3, 0.4) is 0 Å². The number of aliphatic carboxylic acids is 1. The highest BCUT2D eigenvalue weighted by Crippen LogP contribution is 2.21. The van der Waals surface area contributed by atoms with E-state index in [0.717, 1.165) is 38.5 Å². The fraction of sp³-hybridized carbons (Fsp3) is 0.917. The number of carbonyl (C=O) groups is 1. The van der Waals surface area contributed by atoms with Crippen LogP contribution in [0.4, 0.5) is 0 Å². The summed E-state index contributed by atoms with van der Waals surface area (Å²) in [6.45, 7) is 6.41. The van der Waals surface area contributed by atoms with Crippen LogP contribution in [-0.2, 0) is 4.79 Å². The monoisotopic (exact) mass is 200 g/mol. The molecule has 0 bridgehead atoms. The number of hydrogen-bond donors (Lipinski definition) is 1. The Hall–Kier alpha value is -0.530. The van der Waals surface area contributed by atoms with Crippen molar-refractivity contribution in [3.63, 3.8) is 0 Å². The fourth-order valence-electron chi connectivity index (χ4n) is 1.89. The molecule has 0 amide bonds. The van der Waals surface area contributed by atoms with E-state index in [1.807, 2.05) is 0 Å². The van der Waals surface area contributed by atoms with Crippen molar-refractivity contribution in [3.05, 3.63) is 0 Å². The van der Waals surface area contributed by atoms with E-state index in [-0.39, 0.29) is 5.92 Å². The molecule has 0 spiro atoms. The minimum Gasteiger partial charge on any atom is -0.481 e. The Labute approximate surface area is 87.7 Å². The standard InChI is InChI=1S/C12H24O2/c1-4-6-8-11(12(13)14)9-10(3)7-5-2/h10-11H,4-9H2,1-3H3,(H,13,14). The van der Waals surface area contributed by atoms with Crippen LogP contribution in [0.25, 0.3) is 0 Å². The predicted molar refractivity (Wildman–Crippen MR) is 59.3 cm³/mol. The molecule has 0 aliphatic heterocycles. The summed E-state index contributed by atoms with van der Waals surface area (Å²) in [6.07, 6.45) is 6.13. The molecule has 84 valence electrons. The number of carboxylic acids is 1. The SMILES string of the molecule is CCCCC(CC(C)CCC)C(=O)O. The van der Waals surface area contributed by atoms with Crippen molar-refractivity contribution in [1.29, 1.82) is 0 Å². The van der Waals surface area contributed by atoms with Crippen LogP contribution in [0.5, 0.6) is 0 Å². The van der Waals surface area contributed by atoms with Gasteiger partial charge in [-0.2, -0.15) is 0 Å². The Morgan fingerprint density at radius 1 is 1.21 bits per heavy atom. The average molecular weight is 200 g/mol. The van der Waals surface area contributed by atoms with Gasteiger partial charge in [-0.05, 0) is 18.8 Å². The topological polar surface area (TPSA) is 37.3 Å². The zero-order valence-electron chi connectivity index (χ0n) is 9.75. The van der Waals surface area contributed by atoms with Gasteiger partial charge in [0.1, 0.15) is 0 Å². The molecular formula is C12H24O2. The molecule has 2 heteroatoms. The normalized spacial score (nSPS) is 15.1. The number of rotatable bonds is 8. The number of hydrogen-bond acceptors (Lipinski definition) is 1. The van der Waals surface area contributed by atoms with Gasteiger partial charge in [-0.3, -0.25) is 4.79 Å². The lowest BCUT2D eigenvalue weighted by molar-refractivity contribution is -0.142. The van der Waals surface area contributed by atoms with Crippen molar-refractivity contribution in [1.82, 2.24) is 0 Å². The van der Waals surface area contributed by atoms with Gasteiger partial charge in [0, 0.05) is 0 Å². The third-order valence-electron chi connectivity index (χ3n) is 2.72. The summed E-state index contributed by atoms with van der Waals surface area (Å²) in [6, 6.07) is 0. The van der Waals surface area contributed by atoms with Gasteiger partial charge in [0.05, 0.1) is 5.92 Å². The van der Waals surface area contributed by atoms with E-state index >= 15 is 0 Å². The van der Waals surface area contributed by atoms with Gasteiger partial charge in [-0.1, -0.05) is 46.5 Å². The maximum absolute atomic E-state index is 10.9. The van der Waals surface area contributed by atoms with Crippen molar-refractivity contribution in [2.75, 3.05) is 0 Å². The predicted octanol–water partition coefficient (Wildman–Crippen LogP) is 3.70. The van der Waals surface area contributed by atoms with Crippen LogP contribution >= 0.6 is 0 Å². The number of unbranched alkanes of at least 4 members (excludes halogenated alkanes) is 1. The van der Waals surface area contributed by atoms with Crippen molar-refractivity contribution < 1.29 is 9.90 Å². The van der Waals surface area contributed by atoms with Crippen LogP contribution in [-0.4, -0.2) is 11.1 Å². The Balaban J connectivity index is 3.89. The first-order chi connectivity index (χ1) is 6.61. The molecule has 0 aromatic heterocycles. The molecule has 0 fully saturated rings. The second-order valence-corrected chi connectivity index (χ2v) is 4.31. The van der Waals surface area contributed by atoms with Crippen LogP contribution in [0, 0.1) is 11.8 Å². The fourth-order valence-corrected chi connectivity index (χ4v) is 1.89. The summed E-state index contributed by atoms with van der Waals surface area (Å²) < 4.78 is 0. The summed E-state index contributed by atoms with van der Waals surface area (Å²) in [5, 5.41) is 9.02. The quantitative estimate of drug-likeness (QED) is 0.648. The van der Waals surface area contributed by atoms with Gasteiger partial charge in [0.15, 0.2) is 0 Å². The average Bonchev–Trinajstić information content (AvgIpc) is 2.12. The molecule has 0 radical (unpaired) electrons. The molecule has 2 unspecified atom stereocenters. The molecule has 0 saturated heterocycles. The molecule has 0 saturated carbocycles. The van der Waals surface area contributed by atoms with Crippen LogP contribution < -0.4 is 0 Å². The van der Waals surface area contributed by atoms with E-state index in [2.05, 4.69) is 20.8 Å². The lowest BCUT2D eigenvalue weighted by Gasteiger charge is -2.16. The summed E-state index contributed by atoms with van der Waals surface area (Å²) in [5.41, 5.74) is 0. The minimum absolute atomic E-state index is 0.114. The molecule has 1 N–H and O–H groups in total. The van der Waals surface area contributed by atoms with Gasteiger partial charge in [0.25, 0.3) is 0 Å². The van der Waals surface area contributed by atoms with E-state index in [1.54, 1.807) is 0 Å². The molecule has 0 aromatic rings. The zero-order chi connectivity index (χ0) is 11.0. The Bertz CT molecular complexity index is 154. The van der Waals surface area contributed by atoms with E-state index in [0.29, 0.717) is 5.92 Å². The Morgan fingerprint density at radius 2 is 1.86 bits per heavy atom. The van der Waals surface area contributed by atoms with Crippen LogP contribution in [0.2, 0.25) is 0 Å². The maximum atomic E-state index is 10.9. The smallest absolute Gasteiger partial charge is 0.306 e. The molecule has 14 heavy (non-hydrogen) atoms. The van der Waals surface area contributed by atoms with Gasteiger partial charge in [-0.25, -0.2) is 0 Å². The van der Waals surface area contributed by atoms with Crippen molar-refractivity contribution in [2.45, 2.75) is 59.3 Å².